The second-order valence-corrected chi connectivity index (χ2v) is 14.9. The van der Waals surface area contributed by atoms with E-state index in [9.17, 15) is 29.8 Å². The fraction of sp³-hybridized carbons (Fsp3) is 0.143. The molecule has 0 bridgehead atoms. The Morgan fingerprint density at radius 3 is 1.66 bits per heavy atom. The van der Waals surface area contributed by atoms with Crippen LogP contribution in [0.2, 0.25) is 0 Å². The highest BCUT2D eigenvalue weighted by molar-refractivity contribution is 6.44. The van der Waals surface area contributed by atoms with Gasteiger partial charge in [0.05, 0.1) is 44.3 Å². The van der Waals surface area contributed by atoms with E-state index in [1.165, 1.54) is 10.5 Å². The smallest absolute Gasteiger partial charge is 0.274 e. The molecule has 0 saturated heterocycles. The van der Waals surface area contributed by atoms with Gasteiger partial charge in [0.15, 0.2) is 0 Å². The number of imidazole rings is 2. The molecular weight excluding hydrogens is 741 g/mol. The Morgan fingerprint density at radius 2 is 1.14 bits per heavy atom. The number of nitrogen functional groups attached to an aromatic ring is 1. The molecule has 284 valence electrons. The molecular formula is C42H30N10O6. The standard InChI is InChI=1S/C42H30N10O6/c1-17-11-31-26(15-25(17)44)47-39-21-5-4-20-36-29(46-9-10-49(55)56)14-24-34-22(40-48-27-16-30(52(57)58)18(2)12-32(27)51(40)42(24)54)6-3-19(38(34)36)35-28(45-8-7-43)13-23(33(21)37(20)35)41(53)50(31)39/h3-6,11-16,45-46H,7-10,43-44H2,1-2H3. The fourth-order valence-electron chi connectivity index (χ4n) is 9.26. The van der Waals surface area contributed by atoms with Crippen LogP contribution >= 0.6 is 0 Å². The van der Waals surface area contributed by atoms with Crippen molar-refractivity contribution in [2.45, 2.75) is 13.8 Å². The summed E-state index contributed by atoms with van der Waals surface area (Å²) in [6, 6.07) is 18.0. The second-order valence-electron chi connectivity index (χ2n) is 14.9. The Hall–Kier alpha value is -7.72. The number of nitro benzene ring substituents is 1. The first-order valence-corrected chi connectivity index (χ1v) is 18.6. The molecule has 58 heavy (non-hydrogen) atoms. The van der Waals surface area contributed by atoms with Crippen molar-refractivity contribution in [2.24, 2.45) is 5.73 Å². The molecule has 0 fully saturated rings. The van der Waals surface area contributed by atoms with Gasteiger partial charge in [0.25, 0.3) is 16.8 Å². The Balaban J connectivity index is 1.37. The van der Waals surface area contributed by atoms with Gasteiger partial charge in [0.1, 0.15) is 11.3 Å². The van der Waals surface area contributed by atoms with E-state index in [-0.39, 0.29) is 24.3 Å². The Kier molecular flexibility index (Phi) is 6.62. The topological polar surface area (TPSA) is 231 Å². The van der Waals surface area contributed by atoms with E-state index in [2.05, 4.69) is 10.6 Å². The van der Waals surface area contributed by atoms with Gasteiger partial charge in [-0.1, -0.05) is 12.1 Å². The minimum atomic E-state index is -0.470. The molecule has 6 N–H and O–H groups in total. The summed E-state index contributed by atoms with van der Waals surface area (Å²) in [5, 5.41) is 38.3. The van der Waals surface area contributed by atoms with Crippen LogP contribution in [-0.4, -0.2) is 54.8 Å². The van der Waals surface area contributed by atoms with E-state index in [1.807, 2.05) is 43.3 Å². The number of benzene rings is 7. The van der Waals surface area contributed by atoms with Gasteiger partial charge in [-0.25, -0.2) is 9.97 Å². The molecule has 0 aliphatic carbocycles. The summed E-state index contributed by atoms with van der Waals surface area (Å²) in [4.78, 5) is 61.9. The molecule has 0 aliphatic rings. The largest absolute Gasteiger partial charge is 0.398 e. The van der Waals surface area contributed by atoms with Crippen LogP contribution in [0, 0.1) is 34.1 Å². The third-order valence-corrected chi connectivity index (χ3v) is 11.7. The molecule has 0 saturated carbocycles. The first-order valence-electron chi connectivity index (χ1n) is 18.6. The summed E-state index contributed by atoms with van der Waals surface area (Å²) in [6.07, 6.45) is 0. The number of hydrogen-bond acceptors (Lipinski definition) is 12. The monoisotopic (exact) mass is 770 g/mol. The third-order valence-electron chi connectivity index (χ3n) is 11.7. The molecule has 4 heterocycles. The lowest BCUT2D eigenvalue weighted by Gasteiger charge is -2.23. The Morgan fingerprint density at radius 1 is 0.638 bits per heavy atom. The van der Waals surface area contributed by atoms with Crippen molar-refractivity contribution >= 4 is 121 Å². The van der Waals surface area contributed by atoms with Gasteiger partial charge in [-0.3, -0.25) is 38.6 Å². The van der Waals surface area contributed by atoms with Crippen LogP contribution in [-0.2, 0) is 0 Å². The van der Waals surface area contributed by atoms with Crippen molar-refractivity contribution in [2.75, 3.05) is 42.5 Å². The zero-order valence-corrected chi connectivity index (χ0v) is 30.9. The molecule has 7 aromatic carbocycles. The highest BCUT2D eigenvalue weighted by atomic mass is 16.6. The van der Waals surface area contributed by atoms with Crippen LogP contribution in [0.1, 0.15) is 11.1 Å². The van der Waals surface area contributed by atoms with Crippen molar-refractivity contribution in [1.82, 2.24) is 18.8 Å². The molecule has 0 amide bonds. The Bertz CT molecular complexity index is 3800. The normalized spacial score (nSPS) is 12.5. The van der Waals surface area contributed by atoms with Crippen molar-refractivity contribution in [3.63, 3.8) is 0 Å². The highest BCUT2D eigenvalue weighted by Crippen LogP contribution is 2.50. The molecule has 11 rings (SSSR count). The summed E-state index contributed by atoms with van der Waals surface area (Å²) >= 11 is 0. The van der Waals surface area contributed by atoms with Crippen LogP contribution in [0.4, 0.5) is 22.7 Å². The zero-order valence-electron chi connectivity index (χ0n) is 30.9. The van der Waals surface area contributed by atoms with Crippen LogP contribution in [0.3, 0.4) is 0 Å². The maximum Gasteiger partial charge on any atom is 0.274 e. The quantitative estimate of drug-likeness (QED) is 0.0432. The molecule has 4 aromatic heterocycles. The number of hydrogen-bond donors (Lipinski definition) is 4. The third kappa shape index (κ3) is 4.20. The molecule has 0 unspecified atom stereocenters. The predicted octanol–water partition coefficient (Wildman–Crippen LogP) is 6.41. The summed E-state index contributed by atoms with van der Waals surface area (Å²) in [5.74, 6) is 0. The molecule has 0 radical (unpaired) electrons. The number of aryl methyl sites for hydroxylation is 2. The van der Waals surface area contributed by atoms with E-state index < -0.39 is 15.4 Å². The minimum absolute atomic E-state index is 0.0290. The van der Waals surface area contributed by atoms with E-state index in [4.69, 9.17) is 21.4 Å². The minimum Gasteiger partial charge on any atom is -0.398 e. The average molecular weight is 771 g/mol. The summed E-state index contributed by atoms with van der Waals surface area (Å²) < 4.78 is 3.11. The molecule has 0 spiro atoms. The number of rotatable bonds is 8. The van der Waals surface area contributed by atoms with Gasteiger partial charge in [0, 0.05) is 89.8 Å². The van der Waals surface area contributed by atoms with Gasteiger partial charge in [0.2, 0.25) is 6.54 Å². The number of anilines is 3. The van der Waals surface area contributed by atoms with Gasteiger partial charge >= 0.3 is 0 Å². The maximum atomic E-state index is 14.8. The molecule has 11 aromatic rings. The SMILES string of the molecule is Cc1cc2c(cc1N)nc1c3ccc4c5c(NCC[N+](=O)[O-])cc6c(=O)n7c8cc(C)c([N+](=O)[O-])cc8nc7c7ccc(c8c(NCCN)cc(c(=O)n21)c3c48)c5c67. The van der Waals surface area contributed by atoms with Crippen molar-refractivity contribution in [3.8, 4) is 0 Å². The number of aromatic nitrogens is 4. The molecule has 16 heteroatoms. The van der Waals surface area contributed by atoms with Crippen LogP contribution in [0.15, 0.2) is 70.3 Å². The van der Waals surface area contributed by atoms with Crippen LogP contribution < -0.4 is 33.2 Å². The van der Waals surface area contributed by atoms with E-state index >= 15 is 0 Å². The van der Waals surface area contributed by atoms with Crippen molar-refractivity contribution < 1.29 is 9.85 Å². The van der Waals surface area contributed by atoms with Gasteiger partial charge in [-0.05, 0) is 72.6 Å². The van der Waals surface area contributed by atoms with Gasteiger partial charge < -0.3 is 22.1 Å². The first kappa shape index (κ1) is 33.6. The van der Waals surface area contributed by atoms with Crippen molar-refractivity contribution in [3.05, 3.63) is 113 Å². The number of nitrogens with zero attached hydrogens (tertiary/aromatic N) is 6. The number of pyridine rings is 2. The summed E-state index contributed by atoms with van der Waals surface area (Å²) in [5.41, 5.74) is 17.3. The number of nitrogens with two attached hydrogens (primary N) is 2. The average Bonchev–Trinajstić information content (AvgIpc) is 3.75. The maximum absolute atomic E-state index is 14.8. The molecule has 0 aliphatic heterocycles. The van der Waals surface area contributed by atoms with Gasteiger partial charge in [-0.2, -0.15) is 0 Å². The Labute approximate surface area is 323 Å². The summed E-state index contributed by atoms with van der Waals surface area (Å²) in [7, 11) is 0. The lowest BCUT2D eigenvalue weighted by atomic mass is 9.84. The van der Waals surface area contributed by atoms with Crippen LogP contribution in [0.25, 0.3) is 98.0 Å². The number of fused-ring (bicyclic) bond motifs is 10. The van der Waals surface area contributed by atoms with E-state index in [0.29, 0.717) is 101 Å². The lowest BCUT2D eigenvalue weighted by Crippen LogP contribution is -2.17. The summed E-state index contributed by atoms with van der Waals surface area (Å²) in [6.45, 7) is 3.81. The number of nitrogens with one attached hydrogen (secondary N) is 2. The second kappa shape index (κ2) is 11.4. The lowest BCUT2D eigenvalue weighted by molar-refractivity contribution is -0.476. The highest BCUT2D eigenvalue weighted by Gasteiger charge is 2.28. The first-order chi connectivity index (χ1) is 28.0. The van der Waals surface area contributed by atoms with Crippen LogP contribution in [0.5, 0.6) is 0 Å². The number of nitro groups is 2. The zero-order chi connectivity index (χ0) is 40.0. The molecule has 16 nitrogen and oxygen atoms in total. The van der Waals surface area contributed by atoms with Crippen molar-refractivity contribution in [1.29, 1.82) is 0 Å². The fourth-order valence-corrected chi connectivity index (χ4v) is 9.26. The van der Waals surface area contributed by atoms with E-state index in [1.54, 1.807) is 29.5 Å². The molecule has 0 atom stereocenters. The van der Waals surface area contributed by atoms with Gasteiger partial charge in [-0.15, -0.1) is 0 Å². The van der Waals surface area contributed by atoms with E-state index in [0.717, 1.165) is 37.9 Å². The predicted molar refractivity (Wildman–Crippen MR) is 229 cm³/mol.